The van der Waals surface area contributed by atoms with E-state index in [1.165, 1.54) is 27.9 Å². The standard InChI is InChI=1S/C19H17ClN4/c20-14-5-3-11(4-6-14)15-10-22-19-16-13(9-21-18(15)16)2-1-12-7-8-23-24-17(12)19/h3-9,15,19,21-22H,1-2,10H2. The molecule has 5 rings (SSSR count). The molecule has 0 saturated heterocycles. The SMILES string of the molecule is Clc1ccc(C2CNC3c4nnccc4CCc4c[nH]c2c43)cc1. The van der Waals surface area contributed by atoms with Gasteiger partial charge < -0.3 is 10.3 Å². The molecule has 1 aliphatic heterocycles. The molecule has 0 spiro atoms. The normalized spacial score (nSPS) is 21.7. The number of halogens is 1. The highest BCUT2D eigenvalue weighted by atomic mass is 35.5. The Morgan fingerprint density at radius 3 is 2.75 bits per heavy atom. The van der Waals surface area contributed by atoms with Crippen molar-refractivity contribution in [3.63, 3.8) is 0 Å². The first-order valence-corrected chi connectivity index (χ1v) is 8.68. The number of hydrogen-bond donors (Lipinski definition) is 2. The molecule has 3 aromatic rings. The van der Waals surface area contributed by atoms with Crippen LogP contribution in [0.5, 0.6) is 0 Å². The first-order chi connectivity index (χ1) is 11.8. The van der Waals surface area contributed by atoms with Crippen molar-refractivity contribution in [3.05, 3.63) is 81.4 Å². The first-order valence-electron chi connectivity index (χ1n) is 8.30. The minimum atomic E-state index is 0.135. The second kappa shape index (κ2) is 5.43. The van der Waals surface area contributed by atoms with Gasteiger partial charge in [0.1, 0.15) is 0 Å². The van der Waals surface area contributed by atoms with E-state index in [0.29, 0.717) is 5.92 Å². The predicted octanol–water partition coefficient (Wildman–Crippen LogP) is 3.38. The van der Waals surface area contributed by atoms with E-state index in [-0.39, 0.29) is 6.04 Å². The summed E-state index contributed by atoms with van der Waals surface area (Å²) in [6, 6.07) is 10.4. The Balaban J connectivity index is 1.64. The van der Waals surface area contributed by atoms with Crippen LogP contribution in [0, 0.1) is 0 Å². The molecule has 2 unspecified atom stereocenters. The van der Waals surface area contributed by atoms with E-state index in [9.17, 15) is 0 Å². The van der Waals surface area contributed by atoms with Crippen LogP contribution in [0.3, 0.4) is 0 Å². The smallest absolute Gasteiger partial charge is 0.0878 e. The van der Waals surface area contributed by atoms with Gasteiger partial charge in [-0.25, -0.2) is 0 Å². The van der Waals surface area contributed by atoms with Gasteiger partial charge in [-0.2, -0.15) is 10.2 Å². The summed E-state index contributed by atoms with van der Waals surface area (Å²) < 4.78 is 0. The number of rotatable bonds is 1. The van der Waals surface area contributed by atoms with E-state index in [1.807, 2.05) is 12.1 Å². The molecule has 0 saturated carbocycles. The summed E-state index contributed by atoms with van der Waals surface area (Å²) in [6.45, 7) is 0.870. The Morgan fingerprint density at radius 2 is 1.88 bits per heavy atom. The molecule has 2 N–H and O–H groups in total. The molecule has 24 heavy (non-hydrogen) atoms. The minimum absolute atomic E-state index is 0.135. The average Bonchev–Trinajstić information content (AvgIpc) is 2.97. The first kappa shape index (κ1) is 14.2. The molecule has 5 heteroatoms. The van der Waals surface area contributed by atoms with E-state index in [0.717, 1.165) is 30.1 Å². The summed E-state index contributed by atoms with van der Waals surface area (Å²) in [6.07, 6.45) is 6.02. The van der Waals surface area contributed by atoms with Crippen LogP contribution < -0.4 is 5.32 Å². The zero-order chi connectivity index (χ0) is 16.1. The van der Waals surface area contributed by atoms with Crippen LogP contribution in [-0.4, -0.2) is 21.7 Å². The van der Waals surface area contributed by atoms with Crippen LogP contribution in [0.2, 0.25) is 5.02 Å². The number of H-pyrrole nitrogens is 1. The Labute approximate surface area is 145 Å². The summed E-state index contributed by atoms with van der Waals surface area (Å²) >= 11 is 6.05. The van der Waals surface area contributed by atoms with Crippen molar-refractivity contribution >= 4 is 11.6 Å². The molecule has 1 aromatic carbocycles. The van der Waals surface area contributed by atoms with Crippen LogP contribution in [0.25, 0.3) is 0 Å². The second-order valence-corrected chi connectivity index (χ2v) is 6.96. The molecule has 1 aliphatic carbocycles. The maximum Gasteiger partial charge on any atom is 0.0878 e. The van der Waals surface area contributed by atoms with Crippen molar-refractivity contribution in [1.29, 1.82) is 0 Å². The Kier molecular flexibility index (Phi) is 3.21. The topological polar surface area (TPSA) is 53.6 Å². The number of nitrogens with zero attached hydrogens (tertiary/aromatic N) is 2. The summed E-state index contributed by atoms with van der Waals surface area (Å²) in [5.74, 6) is 0.306. The van der Waals surface area contributed by atoms with Gasteiger partial charge in [-0.3, -0.25) is 0 Å². The van der Waals surface area contributed by atoms with E-state index < -0.39 is 0 Å². The number of aryl methyl sites for hydroxylation is 2. The van der Waals surface area contributed by atoms with Crippen molar-refractivity contribution in [2.45, 2.75) is 24.8 Å². The van der Waals surface area contributed by atoms with Gasteiger partial charge in [-0.05, 0) is 53.3 Å². The lowest BCUT2D eigenvalue weighted by Crippen LogP contribution is -2.35. The number of hydrogen-bond acceptors (Lipinski definition) is 3. The highest BCUT2D eigenvalue weighted by Crippen LogP contribution is 2.41. The molecule has 0 radical (unpaired) electrons. The maximum atomic E-state index is 6.05. The molecule has 0 fully saturated rings. The third-order valence-corrected chi connectivity index (χ3v) is 5.50. The molecule has 2 atom stereocenters. The van der Waals surface area contributed by atoms with E-state index in [1.54, 1.807) is 6.20 Å². The molecule has 0 bridgehead atoms. The van der Waals surface area contributed by atoms with E-state index >= 15 is 0 Å². The minimum Gasteiger partial charge on any atom is -0.364 e. The number of benzene rings is 1. The number of fused-ring (bicyclic) bond motifs is 2. The van der Waals surface area contributed by atoms with Gasteiger partial charge in [0, 0.05) is 35.6 Å². The fourth-order valence-electron chi connectivity index (χ4n) is 4.07. The van der Waals surface area contributed by atoms with Crippen molar-refractivity contribution < 1.29 is 0 Å². The quantitative estimate of drug-likeness (QED) is 0.716. The predicted molar refractivity (Wildman–Crippen MR) is 93.4 cm³/mol. The van der Waals surface area contributed by atoms with Crippen LogP contribution in [0.1, 0.15) is 45.6 Å². The van der Waals surface area contributed by atoms with Gasteiger partial charge in [0.2, 0.25) is 0 Å². The van der Waals surface area contributed by atoms with Crippen LogP contribution in [0.4, 0.5) is 0 Å². The van der Waals surface area contributed by atoms with Crippen LogP contribution >= 0.6 is 11.6 Å². The highest BCUT2D eigenvalue weighted by Gasteiger charge is 2.35. The van der Waals surface area contributed by atoms with Crippen LogP contribution in [0.15, 0.2) is 42.7 Å². The largest absolute Gasteiger partial charge is 0.364 e. The van der Waals surface area contributed by atoms with Crippen molar-refractivity contribution in [3.8, 4) is 0 Å². The van der Waals surface area contributed by atoms with Gasteiger partial charge in [0.05, 0.1) is 11.7 Å². The Morgan fingerprint density at radius 1 is 1.04 bits per heavy atom. The van der Waals surface area contributed by atoms with Crippen molar-refractivity contribution in [2.24, 2.45) is 0 Å². The Hall–Kier alpha value is -2.17. The fraction of sp³-hybridized carbons (Fsp3) is 0.263. The molecule has 3 heterocycles. The van der Waals surface area contributed by atoms with E-state index in [4.69, 9.17) is 11.6 Å². The Bertz CT molecular complexity index is 900. The van der Waals surface area contributed by atoms with Gasteiger partial charge in [-0.15, -0.1) is 0 Å². The zero-order valence-electron chi connectivity index (χ0n) is 13.1. The highest BCUT2D eigenvalue weighted by molar-refractivity contribution is 6.30. The summed E-state index contributed by atoms with van der Waals surface area (Å²) in [5.41, 5.74) is 7.70. The molecule has 2 aliphatic rings. The van der Waals surface area contributed by atoms with Crippen molar-refractivity contribution in [1.82, 2.24) is 20.5 Å². The van der Waals surface area contributed by atoms with Crippen molar-refractivity contribution in [2.75, 3.05) is 6.54 Å². The monoisotopic (exact) mass is 336 g/mol. The van der Waals surface area contributed by atoms with Gasteiger partial charge in [-0.1, -0.05) is 23.7 Å². The van der Waals surface area contributed by atoms with Gasteiger partial charge in [0.15, 0.2) is 0 Å². The molecule has 0 amide bonds. The number of aromatic amines is 1. The second-order valence-electron chi connectivity index (χ2n) is 6.53. The molecular weight excluding hydrogens is 320 g/mol. The summed E-state index contributed by atoms with van der Waals surface area (Å²) in [7, 11) is 0. The lowest BCUT2D eigenvalue weighted by atomic mass is 9.85. The molecular formula is C19H17ClN4. The number of aromatic nitrogens is 3. The third-order valence-electron chi connectivity index (χ3n) is 5.25. The molecule has 2 aromatic heterocycles. The number of nitrogens with one attached hydrogen (secondary N) is 2. The summed E-state index contributed by atoms with van der Waals surface area (Å²) in [5, 5.41) is 13.1. The maximum absolute atomic E-state index is 6.05. The fourth-order valence-corrected chi connectivity index (χ4v) is 4.20. The summed E-state index contributed by atoms with van der Waals surface area (Å²) in [4.78, 5) is 3.55. The van der Waals surface area contributed by atoms with Crippen LogP contribution in [-0.2, 0) is 12.8 Å². The lowest BCUT2D eigenvalue weighted by Gasteiger charge is -2.31. The van der Waals surface area contributed by atoms with Gasteiger partial charge >= 0.3 is 0 Å². The molecule has 4 nitrogen and oxygen atoms in total. The van der Waals surface area contributed by atoms with E-state index in [2.05, 4.69) is 44.9 Å². The zero-order valence-corrected chi connectivity index (χ0v) is 13.8. The average molecular weight is 337 g/mol. The third kappa shape index (κ3) is 2.10. The lowest BCUT2D eigenvalue weighted by molar-refractivity contribution is 0.512. The van der Waals surface area contributed by atoms with Gasteiger partial charge in [0.25, 0.3) is 0 Å². The molecule has 120 valence electrons.